The van der Waals surface area contributed by atoms with Gasteiger partial charge in [-0.2, -0.15) is 0 Å². The molecule has 0 N–H and O–H groups in total. The maximum atomic E-state index is 4.53. The summed E-state index contributed by atoms with van der Waals surface area (Å²) in [6.07, 6.45) is 7.29. The van der Waals surface area contributed by atoms with Gasteiger partial charge in [0.1, 0.15) is 0 Å². The van der Waals surface area contributed by atoms with Crippen LogP contribution in [0.4, 0.5) is 0 Å². The maximum absolute atomic E-state index is 4.53. The van der Waals surface area contributed by atoms with Crippen molar-refractivity contribution in [1.29, 1.82) is 0 Å². The first-order valence-electron chi connectivity index (χ1n) is 6.42. The van der Waals surface area contributed by atoms with Crippen molar-refractivity contribution in [3.63, 3.8) is 0 Å². The molecule has 4 aromatic heterocycles. The Morgan fingerprint density at radius 2 is 0.750 bits per heavy atom. The highest BCUT2D eigenvalue weighted by molar-refractivity contribution is 6.28. The molecule has 0 radical (unpaired) electrons. The van der Waals surface area contributed by atoms with Crippen LogP contribution in [0.25, 0.3) is 43.6 Å². The van der Waals surface area contributed by atoms with E-state index < -0.39 is 0 Å². The molecular formula is C16H8N4. The van der Waals surface area contributed by atoms with Crippen LogP contribution in [-0.4, -0.2) is 19.9 Å². The van der Waals surface area contributed by atoms with E-state index in [4.69, 9.17) is 0 Å². The molecule has 1 aromatic carbocycles. The zero-order valence-electron chi connectivity index (χ0n) is 10.4. The lowest BCUT2D eigenvalue weighted by Gasteiger charge is -2.10. The minimum atomic E-state index is 0.900. The van der Waals surface area contributed by atoms with Crippen LogP contribution in [0.3, 0.4) is 0 Å². The summed E-state index contributed by atoms with van der Waals surface area (Å²) in [5.74, 6) is 0. The van der Waals surface area contributed by atoms with E-state index in [-0.39, 0.29) is 0 Å². The second kappa shape index (κ2) is 3.36. The highest BCUT2D eigenvalue weighted by Crippen LogP contribution is 2.35. The second-order valence-electron chi connectivity index (χ2n) is 4.83. The maximum Gasteiger partial charge on any atom is 0.0994 e. The van der Waals surface area contributed by atoms with Gasteiger partial charge in [0.2, 0.25) is 0 Å². The van der Waals surface area contributed by atoms with Gasteiger partial charge in [-0.3, -0.25) is 19.9 Å². The van der Waals surface area contributed by atoms with Gasteiger partial charge in [-0.15, -0.1) is 0 Å². The van der Waals surface area contributed by atoms with E-state index in [1.165, 1.54) is 0 Å². The molecule has 5 aromatic rings. The molecular weight excluding hydrogens is 248 g/mol. The van der Waals surface area contributed by atoms with Gasteiger partial charge in [0.05, 0.1) is 22.1 Å². The molecule has 0 spiro atoms. The zero-order valence-corrected chi connectivity index (χ0v) is 10.4. The van der Waals surface area contributed by atoms with E-state index in [1.807, 2.05) is 49.1 Å². The molecule has 0 saturated carbocycles. The molecule has 4 nitrogen and oxygen atoms in total. The molecule has 0 atom stereocenters. The quantitative estimate of drug-likeness (QED) is 0.315. The molecule has 4 heteroatoms. The van der Waals surface area contributed by atoms with Crippen LogP contribution in [0.1, 0.15) is 0 Å². The molecule has 0 saturated heterocycles. The van der Waals surface area contributed by atoms with Crippen molar-refractivity contribution < 1.29 is 0 Å². The number of aromatic nitrogens is 4. The van der Waals surface area contributed by atoms with Crippen molar-refractivity contribution in [3.8, 4) is 0 Å². The molecule has 4 heterocycles. The summed E-state index contributed by atoms with van der Waals surface area (Å²) in [5.41, 5.74) is 3.60. The Labute approximate surface area is 113 Å². The largest absolute Gasteiger partial charge is 0.254 e. The van der Waals surface area contributed by atoms with Gasteiger partial charge in [-0.25, -0.2) is 0 Å². The van der Waals surface area contributed by atoms with Crippen LogP contribution in [-0.2, 0) is 0 Å². The summed E-state index contributed by atoms with van der Waals surface area (Å²) >= 11 is 0. The summed E-state index contributed by atoms with van der Waals surface area (Å²) in [5, 5.41) is 4.33. The topological polar surface area (TPSA) is 51.6 Å². The van der Waals surface area contributed by atoms with E-state index in [0.29, 0.717) is 0 Å². The average Bonchev–Trinajstić information content (AvgIpc) is 2.52. The predicted molar refractivity (Wildman–Crippen MR) is 78.8 cm³/mol. The Morgan fingerprint density at radius 1 is 0.450 bits per heavy atom. The van der Waals surface area contributed by atoms with Crippen molar-refractivity contribution in [2.75, 3.05) is 0 Å². The van der Waals surface area contributed by atoms with Gasteiger partial charge in [0, 0.05) is 35.6 Å². The second-order valence-corrected chi connectivity index (χ2v) is 4.83. The highest BCUT2D eigenvalue weighted by Gasteiger charge is 2.15. The molecule has 0 aliphatic rings. The third-order valence-corrected chi connectivity index (χ3v) is 3.80. The Bertz CT molecular complexity index is 931. The molecule has 0 fully saturated rings. The van der Waals surface area contributed by atoms with Crippen molar-refractivity contribution in [3.05, 3.63) is 49.1 Å². The minimum Gasteiger partial charge on any atom is -0.254 e. The lowest BCUT2D eigenvalue weighted by atomic mass is 10.0. The first kappa shape index (κ1) is 9.97. The van der Waals surface area contributed by atoms with Gasteiger partial charge in [0.15, 0.2) is 0 Å². The van der Waals surface area contributed by atoms with Crippen LogP contribution in [0.15, 0.2) is 49.1 Å². The zero-order chi connectivity index (χ0) is 13.1. The first-order valence-corrected chi connectivity index (χ1v) is 6.42. The van der Waals surface area contributed by atoms with E-state index in [2.05, 4.69) is 19.9 Å². The Balaban J connectivity index is 2.32. The number of pyridine rings is 4. The lowest BCUT2D eigenvalue weighted by molar-refractivity contribution is 1.35. The SMILES string of the molecule is c1cc2ccnc3c4nccc5ccnc(c(n1)c23)c54. The third-order valence-electron chi connectivity index (χ3n) is 3.80. The summed E-state index contributed by atoms with van der Waals surface area (Å²) in [4.78, 5) is 18.1. The Hall–Kier alpha value is -2.88. The number of rotatable bonds is 0. The van der Waals surface area contributed by atoms with Crippen LogP contribution in [0.5, 0.6) is 0 Å². The summed E-state index contributed by atoms with van der Waals surface area (Å²) in [6.45, 7) is 0. The fourth-order valence-corrected chi connectivity index (χ4v) is 2.96. The molecule has 5 rings (SSSR count). The standard InChI is InChI=1S/C16H8N4/c1-5-17-13-11-9(1)2-6-18-14(11)16-12-10(4-8-20-16)3-7-19-15(12)13/h1-8H. The van der Waals surface area contributed by atoms with Gasteiger partial charge in [-0.05, 0) is 35.0 Å². The van der Waals surface area contributed by atoms with Crippen molar-refractivity contribution in [2.45, 2.75) is 0 Å². The number of nitrogens with zero attached hydrogens (tertiary/aromatic N) is 4. The smallest absolute Gasteiger partial charge is 0.0994 e. The van der Waals surface area contributed by atoms with Crippen LogP contribution in [0, 0.1) is 0 Å². The molecule has 0 unspecified atom stereocenters. The first-order chi connectivity index (χ1) is 9.93. The van der Waals surface area contributed by atoms with E-state index in [9.17, 15) is 0 Å². The molecule has 20 heavy (non-hydrogen) atoms. The molecule has 0 bridgehead atoms. The van der Waals surface area contributed by atoms with Gasteiger partial charge >= 0.3 is 0 Å². The molecule has 0 amide bonds. The van der Waals surface area contributed by atoms with Crippen LogP contribution < -0.4 is 0 Å². The van der Waals surface area contributed by atoms with Crippen molar-refractivity contribution >= 4 is 43.6 Å². The molecule has 92 valence electrons. The number of benzene rings is 1. The Morgan fingerprint density at radius 3 is 1.05 bits per heavy atom. The third kappa shape index (κ3) is 1.07. The Kier molecular flexibility index (Phi) is 1.68. The van der Waals surface area contributed by atoms with Gasteiger partial charge < -0.3 is 0 Å². The minimum absolute atomic E-state index is 0.900. The number of hydrogen-bond donors (Lipinski definition) is 0. The van der Waals surface area contributed by atoms with Crippen molar-refractivity contribution in [1.82, 2.24) is 19.9 Å². The lowest BCUT2D eigenvalue weighted by Crippen LogP contribution is -1.93. The fourth-order valence-electron chi connectivity index (χ4n) is 2.96. The van der Waals surface area contributed by atoms with E-state index >= 15 is 0 Å². The molecule has 0 aliphatic heterocycles. The average molecular weight is 256 g/mol. The number of hydrogen-bond acceptors (Lipinski definition) is 4. The monoisotopic (exact) mass is 256 g/mol. The highest BCUT2D eigenvalue weighted by atomic mass is 14.8. The van der Waals surface area contributed by atoms with Gasteiger partial charge in [-0.1, -0.05) is 0 Å². The normalized spacial score (nSPS) is 12.0. The van der Waals surface area contributed by atoms with E-state index in [0.717, 1.165) is 43.6 Å². The van der Waals surface area contributed by atoms with Crippen molar-refractivity contribution in [2.24, 2.45) is 0 Å². The predicted octanol–water partition coefficient (Wildman–Crippen LogP) is 3.32. The molecule has 0 aliphatic carbocycles. The summed E-state index contributed by atoms with van der Waals surface area (Å²) < 4.78 is 0. The summed E-state index contributed by atoms with van der Waals surface area (Å²) in [7, 11) is 0. The van der Waals surface area contributed by atoms with Crippen LogP contribution in [0.2, 0.25) is 0 Å². The fraction of sp³-hybridized carbons (Fsp3) is 0. The van der Waals surface area contributed by atoms with E-state index in [1.54, 1.807) is 0 Å². The number of fused-ring (bicyclic) bond motifs is 2. The van der Waals surface area contributed by atoms with Crippen LogP contribution >= 0.6 is 0 Å². The van der Waals surface area contributed by atoms with Gasteiger partial charge in [0.25, 0.3) is 0 Å². The summed E-state index contributed by atoms with van der Waals surface area (Å²) in [6, 6.07) is 7.99.